The second-order valence-electron chi connectivity index (χ2n) is 8.16. The third-order valence-corrected chi connectivity index (χ3v) is 6.92. The van der Waals surface area contributed by atoms with E-state index in [1.807, 2.05) is 31.2 Å². The molecule has 1 aliphatic rings. The van der Waals surface area contributed by atoms with Gasteiger partial charge >= 0.3 is 5.97 Å². The molecule has 0 aliphatic heterocycles. The fraction of sp³-hybridized carbons (Fsp3) is 0.583. The second kappa shape index (κ2) is 13.0. The van der Waals surface area contributed by atoms with Crippen molar-refractivity contribution >= 4 is 23.5 Å². The molecule has 31 heavy (non-hydrogen) atoms. The zero-order valence-corrected chi connectivity index (χ0v) is 19.1. The molecule has 0 amide bonds. The minimum Gasteiger partial charge on any atom is -0.481 e. The van der Waals surface area contributed by atoms with Crippen LogP contribution in [-0.4, -0.2) is 57.9 Å². The zero-order valence-electron chi connectivity index (χ0n) is 18.3. The second-order valence-corrected chi connectivity index (χ2v) is 9.39. The Balaban J connectivity index is 1.92. The number of Topliss-reactive ketones (excluding diaryl/α,β-unsaturated/α-hetero) is 1. The van der Waals surface area contributed by atoms with Crippen LogP contribution in [0.15, 0.2) is 36.4 Å². The van der Waals surface area contributed by atoms with Gasteiger partial charge in [0.15, 0.2) is 0 Å². The van der Waals surface area contributed by atoms with Crippen LogP contribution >= 0.6 is 11.8 Å². The van der Waals surface area contributed by atoms with Crippen molar-refractivity contribution < 1.29 is 29.6 Å². The molecule has 0 spiro atoms. The van der Waals surface area contributed by atoms with Crippen LogP contribution in [0.3, 0.4) is 0 Å². The number of hydrogen-bond acceptors (Lipinski definition) is 6. The van der Waals surface area contributed by atoms with Gasteiger partial charge in [0.2, 0.25) is 0 Å². The smallest absolute Gasteiger partial charge is 0.303 e. The van der Waals surface area contributed by atoms with E-state index in [1.165, 1.54) is 0 Å². The third-order valence-electron chi connectivity index (χ3n) is 5.82. The van der Waals surface area contributed by atoms with Crippen molar-refractivity contribution in [2.45, 2.75) is 57.3 Å². The average molecular weight is 451 g/mol. The maximum Gasteiger partial charge on any atom is 0.303 e. The summed E-state index contributed by atoms with van der Waals surface area (Å²) in [5.41, 5.74) is 2.05. The van der Waals surface area contributed by atoms with Crippen LogP contribution in [0.25, 0.3) is 0 Å². The third kappa shape index (κ3) is 8.07. The molecular weight excluding hydrogens is 416 g/mol. The lowest BCUT2D eigenvalue weighted by molar-refractivity contribution is -0.137. The van der Waals surface area contributed by atoms with E-state index in [1.54, 1.807) is 31.0 Å². The van der Waals surface area contributed by atoms with E-state index in [-0.39, 0.29) is 36.4 Å². The summed E-state index contributed by atoms with van der Waals surface area (Å²) in [4.78, 5) is 22.9. The minimum atomic E-state index is -0.793. The van der Waals surface area contributed by atoms with Crippen molar-refractivity contribution in [2.75, 3.05) is 18.6 Å². The zero-order chi connectivity index (χ0) is 22.8. The number of carbonyl (C=O) groups is 2. The van der Waals surface area contributed by atoms with Gasteiger partial charge in [-0.25, -0.2) is 0 Å². The van der Waals surface area contributed by atoms with Crippen LogP contribution < -0.4 is 0 Å². The first-order valence-corrected chi connectivity index (χ1v) is 11.9. The average Bonchev–Trinajstić information content (AvgIpc) is 3.00. The topological polar surface area (TPSA) is 104 Å². The van der Waals surface area contributed by atoms with Gasteiger partial charge in [0, 0.05) is 37.7 Å². The number of thioether (sulfide) groups is 1. The first-order valence-electron chi connectivity index (χ1n) is 10.8. The molecular formula is C24H34O6S. The molecule has 0 aromatic heterocycles. The number of ketones is 1. The van der Waals surface area contributed by atoms with Gasteiger partial charge in [-0.05, 0) is 35.5 Å². The summed E-state index contributed by atoms with van der Waals surface area (Å²) in [5, 5.41) is 29.7. The molecule has 3 N–H and O–H groups in total. The summed E-state index contributed by atoms with van der Waals surface area (Å²) in [6.45, 7) is 2.46. The van der Waals surface area contributed by atoms with Crippen LogP contribution in [0.4, 0.5) is 0 Å². The molecule has 0 heterocycles. The van der Waals surface area contributed by atoms with Crippen LogP contribution in [-0.2, 0) is 20.9 Å². The van der Waals surface area contributed by atoms with E-state index >= 15 is 0 Å². The van der Waals surface area contributed by atoms with Gasteiger partial charge in [0.25, 0.3) is 0 Å². The van der Waals surface area contributed by atoms with Gasteiger partial charge in [0.05, 0.1) is 18.8 Å². The highest BCUT2D eigenvalue weighted by Crippen LogP contribution is 2.34. The normalized spacial score (nSPS) is 23.4. The number of carboxylic acids is 1. The molecule has 2 rings (SSSR count). The van der Waals surface area contributed by atoms with E-state index in [2.05, 4.69) is 0 Å². The maximum absolute atomic E-state index is 12.3. The largest absolute Gasteiger partial charge is 0.481 e. The lowest BCUT2D eigenvalue weighted by Crippen LogP contribution is -2.21. The predicted molar refractivity (Wildman–Crippen MR) is 122 cm³/mol. The molecule has 0 saturated heterocycles. The highest BCUT2D eigenvalue weighted by Gasteiger charge is 2.39. The monoisotopic (exact) mass is 450 g/mol. The number of hydrogen-bond donors (Lipinski definition) is 3. The number of aliphatic carboxylic acids is 1. The summed E-state index contributed by atoms with van der Waals surface area (Å²) in [5.74, 6) is 0.0683. The summed E-state index contributed by atoms with van der Waals surface area (Å²) in [6.07, 6.45) is 3.61. The first-order chi connectivity index (χ1) is 14.8. The Bertz CT molecular complexity index is 749. The Morgan fingerprint density at radius 1 is 1.35 bits per heavy atom. The Morgan fingerprint density at radius 3 is 2.84 bits per heavy atom. The van der Waals surface area contributed by atoms with Crippen LogP contribution in [0.5, 0.6) is 0 Å². The fourth-order valence-corrected chi connectivity index (χ4v) is 4.94. The van der Waals surface area contributed by atoms with Crippen LogP contribution in [0.2, 0.25) is 0 Å². The maximum atomic E-state index is 12.3. The van der Waals surface area contributed by atoms with E-state index in [9.17, 15) is 19.8 Å². The van der Waals surface area contributed by atoms with Gasteiger partial charge in [0.1, 0.15) is 5.78 Å². The molecule has 1 aromatic rings. The van der Waals surface area contributed by atoms with Crippen molar-refractivity contribution in [1.82, 2.24) is 0 Å². The van der Waals surface area contributed by atoms with E-state index in [0.717, 1.165) is 22.6 Å². The quantitative estimate of drug-likeness (QED) is 0.312. The highest BCUT2D eigenvalue weighted by atomic mass is 32.2. The summed E-state index contributed by atoms with van der Waals surface area (Å²) >= 11 is 1.64. The SMILES string of the molecule is COCc1cccc(C(C)[C@H](O)/C=C/[C@H]2[C@H](O)CC(=O)[C@@H]2CCSCCCC(=O)O)c1. The summed E-state index contributed by atoms with van der Waals surface area (Å²) < 4.78 is 5.17. The Hall–Kier alpha value is -1.67. The molecule has 1 fully saturated rings. The van der Waals surface area contributed by atoms with Crippen molar-refractivity contribution in [1.29, 1.82) is 0 Å². The standard InChI is InChI=1S/C24H34O6S/c1-16(18-6-3-5-17(13-18)15-30-2)21(25)9-8-19-20(23(27)14-22(19)26)10-12-31-11-4-7-24(28)29/h3,5-6,8-9,13,16,19-22,25-26H,4,7,10-12,14-15H2,1-2H3,(H,28,29)/b9-8+/t16?,19-,20-,21-,22-/m1/s1. The number of rotatable bonds is 13. The number of methoxy groups -OCH3 is 1. The van der Waals surface area contributed by atoms with Crippen molar-refractivity contribution in [3.8, 4) is 0 Å². The minimum absolute atomic E-state index is 0.0584. The Labute approximate surface area is 188 Å². The Morgan fingerprint density at radius 2 is 2.13 bits per heavy atom. The van der Waals surface area contributed by atoms with Gasteiger partial charge in [-0.3, -0.25) is 9.59 Å². The number of aliphatic hydroxyl groups is 2. The van der Waals surface area contributed by atoms with Crippen molar-refractivity contribution in [2.24, 2.45) is 11.8 Å². The van der Waals surface area contributed by atoms with E-state index in [0.29, 0.717) is 19.4 Å². The van der Waals surface area contributed by atoms with E-state index < -0.39 is 18.2 Å². The fourth-order valence-electron chi connectivity index (χ4n) is 3.97. The molecule has 172 valence electrons. The number of ether oxygens (including phenoxy) is 1. The molecule has 7 heteroatoms. The number of aliphatic hydroxyl groups excluding tert-OH is 2. The molecule has 1 saturated carbocycles. The number of benzene rings is 1. The Kier molecular flexibility index (Phi) is 10.7. The van der Waals surface area contributed by atoms with Crippen LogP contribution in [0, 0.1) is 11.8 Å². The molecule has 5 atom stereocenters. The lowest BCUT2D eigenvalue weighted by atomic mass is 9.89. The van der Waals surface area contributed by atoms with Crippen molar-refractivity contribution in [3.63, 3.8) is 0 Å². The molecule has 0 radical (unpaired) electrons. The number of carbonyl (C=O) groups excluding carboxylic acids is 1. The van der Waals surface area contributed by atoms with E-state index in [4.69, 9.17) is 9.84 Å². The molecule has 1 unspecified atom stereocenters. The molecule has 1 aliphatic carbocycles. The van der Waals surface area contributed by atoms with Gasteiger partial charge in [-0.2, -0.15) is 11.8 Å². The lowest BCUT2D eigenvalue weighted by Gasteiger charge is -2.20. The molecule has 6 nitrogen and oxygen atoms in total. The van der Waals surface area contributed by atoms with Gasteiger partial charge in [-0.15, -0.1) is 0 Å². The van der Waals surface area contributed by atoms with Gasteiger partial charge in [-0.1, -0.05) is 43.3 Å². The molecule has 1 aromatic carbocycles. The van der Waals surface area contributed by atoms with Gasteiger partial charge < -0.3 is 20.1 Å². The van der Waals surface area contributed by atoms with Crippen LogP contribution in [0.1, 0.15) is 49.7 Å². The first kappa shape index (κ1) is 25.6. The predicted octanol–water partition coefficient (Wildman–Crippen LogP) is 3.41. The number of carboxylic acid groups (broad SMARTS) is 1. The molecule has 0 bridgehead atoms. The summed E-state index contributed by atoms with van der Waals surface area (Å²) in [7, 11) is 1.65. The summed E-state index contributed by atoms with van der Waals surface area (Å²) in [6, 6.07) is 7.91. The highest BCUT2D eigenvalue weighted by molar-refractivity contribution is 7.99. The van der Waals surface area contributed by atoms with Crippen molar-refractivity contribution in [3.05, 3.63) is 47.5 Å².